The molecule has 0 atom stereocenters. The molecular formula is C26H31N5O. The van der Waals surface area contributed by atoms with Crippen molar-refractivity contribution >= 4 is 5.91 Å². The molecule has 1 aromatic heterocycles. The smallest absolute Gasteiger partial charge is 0.257 e. The number of nitrogens with zero attached hydrogens (tertiary/aromatic N) is 5. The van der Waals surface area contributed by atoms with Crippen LogP contribution in [0.1, 0.15) is 23.2 Å². The Bertz CT molecular complexity index is 1020. The second-order valence-electron chi connectivity index (χ2n) is 8.72. The summed E-state index contributed by atoms with van der Waals surface area (Å²) in [5.41, 5.74) is 3.34. The number of hydrogen-bond donors (Lipinski definition) is 0. The summed E-state index contributed by atoms with van der Waals surface area (Å²) >= 11 is 0. The Morgan fingerprint density at radius 1 is 0.750 bits per heavy atom. The lowest BCUT2D eigenvalue weighted by molar-refractivity contribution is 0.0627. The quantitative estimate of drug-likeness (QED) is 0.603. The Morgan fingerprint density at radius 2 is 1.34 bits per heavy atom. The van der Waals surface area contributed by atoms with Crippen LogP contribution >= 0.6 is 0 Å². The fraction of sp³-hybridized carbons (Fsp3) is 0.385. The van der Waals surface area contributed by atoms with Gasteiger partial charge in [-0.15, -0.1) is 0 Å². The molecule has 2 aromatic carbocycles. The first-order valence-corrected chi connectivity index (χ1v) is 11.7. The molecule has 2 fully saturated rings. The number of carbonyl (C=O) groups is 1. The average Bonchev–Trinajstić information content (AvgIpc) is 3.54. The fourth-order valence-corrected chi connectivity index (χ4v) is 4.69. The summed E-state index contributed by atoms with van der Waals surface area (Å²) in [7, 11) is 0. The minimum atomic E-state index is 0.0743. The monoisotopic (exact) mass is 429 g/mol. The van der Waals surface area contributed by atoms with Crippen LogP contribution in [0.5, 0.6) is 0 Å². The van der Waals surface area contributed by atoms with Crippen molar-refractivity contribution in [1.29, 1.82) is 0 Å². The van der Waals surface area contributed by atoms with Crippen LogP contribution in [0, 0.1) is 0 Å². The van der Waals surface area contributed by atoms with E-state index in [1.54, 1.807) is 0 Å². The lowest BCUT2D eigenvalue weighted by Gasteiger charge is -2.35. The molecule has 6 heteroatoms. The van der Waals surface area contributed by atoms with Gasteiger partial charge in [-0.3, -0.25) is 9.69 Å². The van der Waals surface area contributed by atoms with E-state index in [9.17, 15) is 4.79 Å². The third-order valence-corrected chi connectivity index (χ3v) is 6.60. The first kappa shape index (κ1) is 20.9. The van der Waals surface area contributed by atoms with Gasteiger partial charge in [0.2, 0.25) is 0 Å². The zero-order valence-electron chi connectivity index (χ0n) is 18.6. The van der Waals surface area contributed by atoms with Crippen molar-refractivity contribution in [2.24, 2.45) is 0 Å². The van der Waals surface area contributed by atoms with Gasteiger partial charge in [-0.05, 0) is 38.1 Å². The van der Waals surface area contributed by atoms with Gasteiger partial charge in [0, 0.05) is 51.0 Å². The van der Waals surface area contributed by atoms with Gasteiger partial charge in [0.15, 0.2) is 0 Å². The molecule has 0 radical (unpaired) electrons. The highest BCUT2D eigenvalue weighted by atomic mass is 16.2. The predicted octanol–water partition coefficient (Wildman–Crippen LogP) is 3.39. The molecule has 0 bridgehead atoms. The largest absolute Gasteiger partial charge is 0.336 e. The summed E-state index contributed by atoms with van der Waals surface area (Å²) in [5.74, 6) is 0.0743. The van der Waals surface area contributed by atoms with Gasteiger partial charge in [0.05, 0.1) is 11.3 Å². The summed E-state index contributed by atoms with van der Waals surface area (Å²) in [6.07, 6.45) is 4.56. The maximum Gasteiger partial charge on any atom is 0.257 e. The molecule has 3 heterocycles. The van der Waals surface area contributed by atoms with E-state index >= 15 is 0 Å². The van der Waals surface area contributed by atoms with E-state index in [0.29, 0.717) is 5.56 Å². The summed E-state index contributed by atoms with van der Waals surface area (Å²) in [6.45, 7) is 8.14. The molecule has 0 aliphatic carbocycles. The summed E-state index contributed by atoms with van der Waals surface area (Å²) in [5, 5.41) is 4.81. The third-order valence-electron chi connectivity index (χ3n) is 6.60. The molecule has 1 amide bonds. The molecule has 0 N–H and O–H groups in total. The molecule has 166 valence electrons. The Morgan fingerprint density at radius 3 is 2.00 bits per heavy atom. The molecule has 3 aromatic rings. The molecule has 0 spiro atoms. The molecular weight excluding hydrogens is 398 g/mol. The van der Waals surface area contributed by atoms with Gasteiger partial charge in [0.1, 0.15) is 5.69 Å². The number of likely N-dealkylation sites (tertiary alicyclic amines) is 1. The number of piperazine rings is 1. The highest BCUT2D eigenvalue weighted by Crippen LogP contribution is 2.25. The number of hydrogen-bond acceptors (Lipinski definition) is 4. The number of rotatable bonds is 6. The zero-order valence-corrected chi connectivity index (χ0v) is 18.6. The summed E-state index contributed by atoms with van der Waals surface area (Å²) in [6, 6.07) is 20.0. The third kappa shape index (κ3) is 4.61. The summed E-state index contributed by atoms with van der Waals surface area (Å²) in [4.78, 5) is 20.6. The van der Waals surface area contributed by atoms with Crippen molar-refractivity contribution in [1.82, 2.24) is 24.5 Å². The topological polar surface area (TPSA) is 44.6 Å². The highest BCUT2D eigenvalue weighted by molar-refractivity contribution is 6.00. The average molecular weight is 430 g/mol. The van der Waals surface area contributed by atoms with Crippen LogP contribution in [0.4, 0.5) is 0 Å². The van der Waals surface area contributed by atoms with Crippen molar-refractivity contribution in [2.75, 3.05) is 52.4 Å². The standard InChI is InChI=1S/C26H31N5O/c32-26(30-19-17-29(18-20-30)16-15-28-13-7-8-14-28)24-21-31(23-11-5-2-6-12-23)27-25(24)22-9-3-1-4-10-22/h1-6,9-12,21H,7-8,13-20H2. The first-order valence-electron chi connectivity index (χ1n) is 11.7. The zero-order chi connectivity index (χ0) is 21.8. The van der Waals surface area contributed by atoms with E-state index in [1.165, 1.54) is 25.9 Å². The number of amides is 1. The van der Waals surface area contributed by atoms with Gasteiger partial charge in [-0.1, -0.05) is 48.5 Å². The summed E-state index contributed by atoms with van der Waals surface area (Å²) < 4.78 is 1.82. The minimum absolute atomic E-state index is 0.0743. The normalized spacial score (nSPS) is 17.7. The van der Waals surface area contributed by atoms with Gasteiger partial charge in [-0.2, -0.15) is 5.10 Å². The molecule has 0 saturated carbocycles. The number of aromatic nitrogens is 2. The number of carbonyl (C=O) groups excluding carboxylic acids is 1. The van der Waals surface area contributed by atoms with E-state index in [-0.39, 0.29) is 5.91 Å². The Hall–Kier alpha value is -2.96. The van der Waals surface area contributed by atoms with Gasteiger partial charge in [-0.25, -0.2) is 4.68 Å². The molecule has 6 nitrogen and oxygen atoms in total. The van der Waals surface area contributed by atoms with Crippen LogP contribution in [0.15, 0.2) is 66.9 Å². The Kier molecular flexibility index (Phi) is 6.32. The van der Waals surface area contributed by atoms with Gasteiger partial charge >= 0.3 is 0 Å². The van der Waals surface area contributed by atoms with Crippen molar-refractivity contribution in [3.05, 3.63) is 72.4 Å². The van der Waals surface area contributed by atoms with E-state index < -0.39 is 0 Å². The fourth-order valence-electron chi connectivity index (χ4n) is 4.69. The van der Waals surface area contributed by atoms with Crippen molar-refractivity contribution in [3.8, 4) is 16.9 Å². The van der Waals surface area contributed by atoms with Gasteiger partial charge < -0.3 is 9.80 Å². The second kappa shape index (κ2) is 9.67. The van der Waals surface area contributed by atoms with E-state index in [1.807, 2.05) is 76.4 Å². The maximum absolute atomic E-state index is 13.6. The minimum Gasteiger partial charge on any atom is -0.336 e. The maximum atomic E-state index is 13.6. The van der Waals surface area contributed by atoms with E-state index in [0.717, 1.165) is 56.2 Å². The lowest BCUT2D eigenvalue weighted by atomic mass is 10.1. The number of para-hydroxylation sites is 1. The second-order valence-corrected chi connectivity index (χ2v) is 8.72. The van der Waals surface area contributed by atoms with E-state index in [2.05, 4.69) is 9.80 Å². The van der Waals surface area contributed by atoms with Gasteiger partial charge in [0.25, 0.3) is 5.91 Å². The van der Waals surface area contributed by atoms with Crippen molar-refractivity contribution in [2.45, 2.75) is 12.8 Å². The predicted molar refractivity (Wildman–Crippen MR) is 127 cm³/mol. The molecule has 2 aliphatic heterocycles. The lowest BCUT2D eigenvalue weighted by Crippen LogP contribution is -2.50. The van der Waals surface area contributed by atoms with Crippen LogP contribution in [0.25, 0.3) is 16.9 Å². The van der Waals surface area contributed by atoms with Crippen LogP contribution < -0.4 is 0 Å². The molecule has 2 aliphatic rings. The van der Waals surface area contributed by atoms with Crippen LogP contribution in [-0.4, -0.2) is 82.7 Å². The Balaban J connectivity index is 1.31. The van der Waals surface area contributed by atoms with Crippen molar-refractivity contribution in [3.63, 3.8) is 0 Å². The molecule has 5 rings (SSSR count). The van der Waals surface area contributed by atoms with Crippen LogP contribution in [-0.2, 0) is 0 Å². The highest BCUT2D eigenvalue weighted by Gasteiger charge is 2.27. The van der Waals surface area contributed by atoms with Crippen LogP contribution in [0.2, 0.25) is 0 Å². The SMILES string of the molecule is O=C(c1cn(-c2ccccc2)nc1-c1ccccc1)N1CCN(CCN2CCCC2)CC1. The first-order chi connectivity index (χ1) is 15.8. The Labute approximate surface area is 190 Å². The van der Waals surface area contributed by atoms with Crippen LogP contribution in [0.3, 0.4) is 0 Å². The number of benzene rings is 2. The van der Waals surface area contributed by atoms with E-state index in [4.69, 9.17) is 5.10 Å². The molecule has 32 heavy (non-hydrogen) atoms. The molecule has 2 saturated heterocycles. The molecule has 0 unspecified atom stereocenters. The van der Waals surface area contributed by atoms with Crippen molar-refractivity contribution < 1.29 is 4.79 Å².